The van der Waals surface area contributed by atoms with Gasteiger partial charge in [0.2, 0.25) is 0 Å². The molecular weight excluding hydrogens is 132 g/mol. The van der Waals surface area contributed by atoms with Gasteiger partial charge in [-0.2, -0.15) is 0 Å². The predicted octanol–water partition coefficient (Wildman–Crippen LogP) is 3.26. The SMILES string of the molecule is C=C(Cl)C(/C=C\C)=C/C. The summed E-state index contributed by atoms with van der Waals surface area (Å²) in [7, 11) is 0. The number of hydrogen-bond donors (Lipinski definition) is 0. The van der Waals surface area contributed by atoms with E-state index in [9.17, 15) is 0 Å². The van der Waals surface area contributed by atoms with Crippen molar-refractivity contribution in [2.45, 2.75) is 13.8 Å². The van der Waals surface area contributed by atoms with E-state index in [0.717, 1.165) is 5.57 Å². The van der Waals surface area contributed by atoms with Gasteiger partial charge in [-0.05, 0) is 19.4 Å². The third-order valence-corrected chi connectivity index (χ3v) is 1.19. The Labute approximate surface area is 61.5 Å². The highest BCUT2D eigenvalue weighted by Gasteiger charge is 1.89. The van der Waals surface area contributed by atoms with E-state index < -0.39 is 0 Å². The van der Waals surface area contributed by atoms with Crippen LogP contribution in [0.15, 0.2) is 35.4 Å². The molecule has 0 radical (unpaired) electrons. The third kappa shape index (κ3) is 3.15. The molecule has 0 spiro atoms. The highest BCUT2D eigenvalue weighted by molar-refractivity contribution is 6.31. The van der Waals surface area contributed by atoms with Crippen LogP contribution in [-0.4, -0.2) is 0 Å². The van der Waals surface area contributed by atoms with Crippen LogP contribution in [0.1, 0.15) is 13.8 Å². The van der Waals surface area contributed by atoms with Gasteiger partial charge in [-0.1, -0.05) is 36.4 Å². The Bertz CT molecular complexity index is 152. The van der Waals surface area contributed by atoms with Gasteiger partial charge < -0.3 is 0 Å². The molecule has 9 heavy (non-hydrogen) atoms. The van der Waals surface area contributed by atoms with E-state index in [2.05, 4.69) is 6.58 Å². The van der Waals surface area contributed by atoms with Crippen LogP contribution in [-0.2, 0) is 0 Å². The monoisotopic (exact) mass is 142 g/mol. The van der Waals surface area contributed by atoms with E-state index in [1.165, 1.54) is 0 Å². The largest absolute Gasteiger partial charge is 0.0870 e. The minimum Gasteiger partial charge on any atom is -0.0870 e. The van der Waals surface area contributed by atoms with Gasteiger partial charge in [0.05, 0.1) is 0 Å². The second kappa shape index (κ2) is 4.39. The fraction of sp³-hybridized carbons (Fsp3) is 0.250. The fourth-order valence-electron chi connectivity index (χ4n) is 0.523. The van der Waals surface area contributed by atoms with E-state index in [0.29, 0.717) is 5.03 Å². The Morgan fingerprint density at radius 2 is 2.00 bits per heavy atom. The van der Waals surface area contributed by atoms with Crippen LogP contribution >= 0.6 is 11.6 Å². The molecule has 0 rings (SSSR count). The van der Waals surface area contributed by atoms with E-state index in [1.807, 2.05) is 32.1 Å². The van der Waals surface area contributed by atoms with Crippen molar-refractivity contribution < 1.29 is 0 Å². The van der Waals surface area contributed by atoms with Crippen molar-refractivity contribution in [2.24, 2.45) is 0 Å². The first-order chi connectivity index (χ1) is 4.22. The normalized spacial score (nSPS) is 12.6. The summed E-state index contributed by atoms with van der Waals surface area (Å²) >= 11 is 5.61. The molecule has 0 aliphatic rings. The van der Waals surface area contributed by atoms with Crippen molar-refractivity contribution in [3.05, 3.63) is 35.4 Å². The number of rotatable bonds is 2. The first-order valence-electron chi connectivity index (χ1n) is 2.86. The standard InChI is InChI=1S/C8H11Cl/c1-4-6-8(5-2)7(3)9/h4-6H,3H2,1-2H3/b6-4-,8-5+. The predicted molar refractivity (Wildman–Crippen MR) is 43.6 cm³/mol. The quantitative estimate of drug-likeness (QED) is 0.520. The van der Waals surface area contributed by atoms with Gasteiger partial charge in [0.1, 0.15) is 0 Å². The Hall–Kier alpha value is -0.490. The van der Waals surface area contributed by atoms with Crippen molar-refractivity contribution in [3.63, 3.8) is 0 Å². The molecule has 0 unspecified atom stereocenters. The summed E-state index contributed by atoms with van der Waals surface area (Å²) in [5, 5.41) is 0.593. The molecule has 0 aromatic carbocycles. The van der Waals surface area contributed by atoms with Crippen LogP contribution in [0, 0.1) is 0 Å². The van der Waals surface area contributed by atoms with Gasteiger partial charge in [0.15, 0.2) is 0 Å². The minimum absolute atomic E-state index is 0.593. The molecule has 0 heterocycles. The molecule has 50 valence electrons. The highest BCUT2D eigenvalue weighted by Crippen LogP contribution is 2.12. The molecule has 0 nitrogen and oxygen atoms in total. The van der Waals surface area contributed by atoms with Gasteiger partial charge >= 0.3 is 0 Å². The molecule has 0 N–H and O–H groups in total. The summed E-state index contributed by atoms with van der Waals surface area (Å²) in [6.45, 7) is 7.47. The molecule has 0 fully saturated rings. The van der Waals surface area contributed by atoms with Crippen LogP contribution in [0.3, 0.4) is 0 Å². The Morgan fingerprint density at radius 3 is 2.11 bits per heavy atom. The second-order valence-electron chi connectivity index (χ2n) is 1.65. The van der Waals surface area contributed by atoms with Crippen molar-refractivity contribution in [1.29, 1.82) is 0 Å². The molecule has 1 heteroatoms. The first-order valence-corrected chi connectivity index (χ1v) is 3.24. The minimum atomic E-state index is 0.593. The Morgan fingerprint density at radius 1 is 1.44 bits per heavy atom. The molecule has 0 amide bonds. The Kier molecular flexibility index (Phi) is 4.16. The number of halogens is 1. The van der Waals surface area contributed by atoms with Crippen molar-refractivity contribution in [2.75, 3.05) is 0 Å². The molecule has 0 aromatic heterocycles. The molecule has 0 atom stereocenters. The van der Waals surface area contributed by atoms with Gasteiger partial charge in [0.25, 0.3) is 0 Å². The maximum absolute atomic E-state index is 5.61. The summed E-state index contributed by atoms with van der Waals surface area (Å²) in [5.41, 5.74) is 0.985. The molecule has 0 aromatic rings. The lowest BCUT2D eigenvalue weighted by Gasteiger charge is -1.93. The smallest absolute Gasteiger partial charge is 0.0403 e. The van der Waals surface area contributed by atoms with Crippen LogP contribution in [0.5, 0.6) is 0 Å². The molecule has 0 saturated carbocycles. The second-order valence-corrected chi connectivity index (χ2v) is 2.11. The van der Waals surface area contributed by atoms with E-state index in [-0.39, 0.29) is 0 Å². The molecule has 0 aliphatic heterocycles. The maximum Gasteiger partial charge on any atom is 0.0403 e. The molecule has 0 aliphatic carbocycles. The zero-order chi connectivity index (χ0) is 7.28. The van der Waals surface area contributed by atoms with E-state index in [1.54, 1.807) is 0 Å². The average molecular weight is 143 g/mol. The van der Waals surface area contributed by atoms with Crippen molar-refractivity contribution >= 4 is 11.6 Å². The summed E-state index contributed by atoms with van der Waals surface area (Å²) in [4.78, 5) is 0. The fourth-order valence-corrected chi connectivity index (χ4v) is 0.695. The lowest BCUT2D eigenvalue weighted by Crippen LogP contribution is -1.72. The van der Waals surface area contributed by atoms with Gasteiger partial charge in [-0.3, -0.25) is 0 Å². The average Bonchev–Trinajstić information content (AvgIpc) is 1.82. The molecular formula is C8H11Cl. The zero-order valence-electron chi connectivity index (χ0n) is 5.82. The van der Waals surface area contributed by atoms with Crippen LogP contribution < -0.4 is 0 Å². The van der Waals surface area contributed by atoms with Gasteiger partial charge in [0, 0.05) is 5.03 Å². The third-order valence-electron chi connectivity index (χ3n) is 0.970. The molecule has 0 bridgehead atoms. The first kappa shape index (κ1) is 8.51. The van der Waals surface area contributed by atoms with Gasteiger partial charge in [-0.25, -0.2) is 0 Å². The van der Waals surface area contributed by atoms with Crippen LogP contribution in [0.2, 0.25) is 0 Å². The Balaban J connectivity index is 4.19. The van der Waals surface area contributed by atoms with Crippen molar-refractivity contribution in [1.82, 2.24) is 0 Å². The topological polar surface area (TPSA) is 0 Å². The van der Waals surface area contributed by atoms with Crippen LogP contribution in [0.25, 0.3) is 0 Å². The zero-order valence-corrected chi connectivity index (χ0v) is 6.57. The summed E-state index contributed by atoms with van der Waals surface area (Å²) < 4.78 is 0. The number of hydrogen-bond acceptors (Lipinski definition) is 0. The maximum atomic E-state index is 5.61. The highest BCUT2D eigenvalue weighted by atomic mass is 35.5. The van der Waals surface area contributed by atoms with Crippen LogP contribution in [0.4, 0.5) is 0 Å². The lowest BCUT2D eigenvalue weighted by molar-refractivity contribution is 1.56. The van der Waals surface area contributed by atoms with E-state index >= 15 is 0 Å². The molecule has 0 saturated heterocycles. The lowest BCUT2D eigenvalue weighted by atomic mass is 10.2. The van der Waals surface area contributed by atoms with E-state index in [4.69, 9.17) is 11.6 Å². The summed E-state index contributed by atoms with van der Waals surface area (Å²) in [6, 6.07) is 0. The van der Waals surface area contributed by atoms with Gasteiger partial charge in [-0.15, -0.1) is 0 Å². The number of allylic oxidation sites excluding steroid dienone is 5. The van der Waals surface area contributed by atoms with Crippen molar-refractivity contribution in [3.8, 4) is 0 Å². The summed E-state index contributed by atoms with van der Waals surface area (Å²) in [6.07, 6.45) is 5.79. The summed E-state index contributed by atoms with van der Waals surface area (Å²) in [5.74, 6) is 0.